The number of halogens is 1. The zero-order valence-corrected chi connectivity index (χ0v) is 14.0. The lowest BCUT2D eigenvalue weighted by atomic mass is 9.95. The van der Waals surface area contributed by atoms with E-state index < -0.39 is 0 Å². The van der Waals surface area contributed by atoms with E-state index in [1.54, 1.807) is 0 Å². The number of hydrogen-bond acceptors (Lipinski definition) is 2. The molecule has 1 aromatic carbocycles. The molecule has 1 saturated heterocycles. The number of nitrogens with zero attached hydrogens (tertiary/aromatic N) is 1. The molecule has 2 nitrogen and oxygen atoms in total. The first kappa shape index (κ1) is 15.2. The highest BCUT2D eigenvalue weighted by Crippen LogP contribution is 2.39. The quantitative estimate of drug-likeness (QED) is 0.861. The van der Waals surface area contributed by atoms with Crippen molar-refractivity contribution in [1.29, 1.82) is 0 Å². The van der Waals surface area contributed by atoms with E-state index in [0.717, 1.165) is 17.0 Å². The maximum absolute atomic E-state index is 6.52. The fourth-order valence-corrected chi connectivity index (χ4v) is 4.49. The lowest BCUT2D eigenvalue weighted by Gasteiger charge is -2.32. The van der Waals surface area contributed by atoms with Gasteiger partial charge >= 0.3 is 0 Å². The van der Waals surface area contributed by atoms with Crippen molar-refractivity contribution in [3.63, 3.8) is 0 Å². The minimum absolute atomic E-state index is 0.302. The maximum Gasteiger partial charge on any atom is 0.0474 e. The predicted molar refractivity (Wildman–Crippen MR) is 91.3 cm³/mol. The average Bonchev–Trinajstić information content (AvgIpc) is 3.16. The highest BCUT2D eigenvalue weighted by atomic mass is 35.5. The van der Waals surface area contributed by atoms with Gasteiger partial charge in [0.2, 0.25) is 0 Å². The van der Waals surface area contributed by atoms with Gasteiger partial charge in [0.25, 0.3) is 0 Å². The van der Waals surface area contributed by atoms with Crippen molar-refractivity contribution in [3.8, 4) is 0 Å². The largest absolute Gasteiger partial charge is 0.368 e. The highest BCUT2D eigenvalue weighted by molar-refractivity contribution is 6.31. The molecule has 1 aliphatic carbocycles. The maximum atomic E-state index is 6.52. The van der Waals surface area contributed by atoms with Crippen LogP contribution >= 0.6 is 11.6 Å². The molecule has 2 unspecified atom stereocenters. The van der Waals surface area contributed by atoms with Crippen LogP contribution in [-0.4, -0.2) is 19.6 Å². The van der Waals surface area contributed by atoms with Crippen molar-refractivity contribution in [2.45, 2.75) is 57.5 Å². The first-order valence-corrected chi connectivity index (χ1v) is 8.82. The normalized spacial score (nSPS) is 24.7. The molecule has 1 saturated carbocycles. The van der Waals surface area contributed by atoms with E-state index >= 15 is 0 Å². The number of nitrogens with one attached hydrogen (secondary N) is 1. The number of anilines is 1. The predicted octanol–water partition coefficient (Wildman–Crippen LogP) is 4.78. The fraction of sp³-hybridized carbons (Fsp3) is 0.667. The Morgan fingerprint density at radius 1 is 1.19 bits per heavy atom. The number of benzene rings is 1. The molecule has 0 bridgehead atoms. The fourth-order valence-electron chi connectivity index (χ4n) is 4.15. The van der Waals surface area contributed by atoms with Crippen molar-refractivity contribution < 1.29 is 0 Å². The third-order valence-electron chi connectivity index (χ3n) is 5.46. The van der Waals surface area contributed by atoms with Crippen LogP contribution in [0.1, 0.15) is 57.1 Å². The van der Waals surface area contributed by atoms with Crippen LogP contribution in [0.4, 0.5) is 5.69 Å². The molecule has 2 aliphatic rings. The molecule has 1 aromatic rings. The Hall–Kier alpha value is -0.730. The molecule has 3 rings (SSSR count). The summed E-state index contributed by atoms with van der Waals surface area (Å²) in [5.74, 6) is 0.905. The Morgan fingerprint density at radius 3 is 2.62 bits per heavy atom. The molecule has 1 N–H and O–H groups in total. The molecule has 1 aliphatic heterocycles. The van der Waals surface area contributed by atoms with E-state index in [1.807, 2.05) is 7.05 Å². The van der Waals surface area contributed by atoms with Crippen LogP contribution in [0.25, 0.3) is 0 Å². The molecular weight excluding hydrogens is 280 g/mol. The standard InChI is InChI=1S/C18H27ClN2/c1-13(20-2)16-10-9-15(12-17(16)19)21-11-5-8-18(21)14-6-3-4-7-14/h9-10,12-14,18,20H,3-8,11H2,1-2H3. The van der Waals surface area contributed by atoms with Crippen LogP contribution in [0, 0.1) is 5.92 Å². The Balaban J connectivity index is 1.80. The van der Waals surface area contributed by atoms with Gasteiger partial charge in [0.15, 0.2) is 0 Å². The minimum Gasteiger partial charge on any atom is -0.368 e. The molecule has 0 aromatic heterocycles. The second-order valence-corrected chi connectivity index (χ2v) is 7.07. The Kier molecular flexibility index (Phi) is 4.75. The lowest BCUT2D eigenvalue weighted by Crippen LogP contribution is -2.34. The summed E-state index contributed by atoms with van der Waals surface area (Å²) in [6, 6.07) is 7.69. The van der Waals surface area contributed by atoms with Crippen molar-refractivity contribution in [3.05, 3.63) is 28.8 Å². The van der Waals surface area contributed by atoms with Gasteiger partial charge in [0, 0.05) is 29.3 Å². The molecule has 0 spiro atoms. The average molecular weight is 307 g/mol. The van der Waals surface area contributed by atoms with Crippen LogP contribution < -0.4 is 10.2 Å². The molecule has 2 atom stereocenters. The van der Waals surface area contributed by atoms with Gasteiger partial charge in [-0.25, -0.2) is 0 Å². The van der Waals surface area contributed by atoms with E-state index in [1.165, 1.54) is 56.3 Å². The molecule has 3 heteroatoms. The van der Waals surface area contributed by atoms with Crippen LogP contribution in [-0.2, 0) is 0 Å². The van der Waals surface area contributed by atoms with E-state index in [-0.39, 0.29) is 0 Å². The molecule has 1 heterocycles. The van der Waals surface area contributed by atoms with Gasteiger partial charge < -0.3 is 10.2 Å². The second-order valence-electron chi connectivity index (χ2n) is 6.66. The van der Waals surface area contributed by atoms with Crippen LogP contribution in [0.5, 0.6) is 0 Å². The molecule has 0 amide bonds. The van der Waals surface area contributed by atoms with Crippen LogP contribution in [0.3, 0.4) is 0 Å². The highest BCUT2D eigenvalue weighted by Gasteiger charge is 2.33. The van der Waals surface area contributed by atoms with Crippen molar-refractivity contribution in [1.82, 2.24) is 5.32 Å². The zero-order valence-electron chi connectivity index (χ0n) is 13.2. The summed E-state index contributed by atoms with van der Waals surface area (Å²) < 4.78 is 0. The molecule has 21 heavy (non-hydrogen) atoms. The van der Waals surface area contributed by atoms with Gasteiger partial charge in [-0.3, -0.25) is 0 Å². The summed E-state index contributed by atoms with van der Waals surface area (Å²) in [6.07, 6.45) is 8.38. The van der Waals surface area contributed by atoms with Crippen molar-refractivity contribution in [2.75, 3.05) is 18.5 Å². The first-order chi connectivity index (χ1) is 10.2. The van der Waals surface area contributed by atoms with Crippen LogP contribution in [0.15, 0.2) is 18.2 Å². The third-order valence-corrected chi connectivity index (χ3v) is 5.79. The molecular formula is C18H27ClN2. The molecule has 0 radical (unpaired) electrons. The molecule has 116 valence electrons. The van der Waals surface area contributed by atoms with E-state index in [0.29, 0.717) is 6.04 Å². The van der Waals surface area contributed by atoms with E-state index in [9.17, 15) is 0 Å². The van der Waals surface area contributed by atoms with Gasteiger partial charge in [0.05, 0.1) is 0 Å². The summed E-state index contributed by atoms with van der Waals surface area (Å²) >= 11 is 6.52. The third kappa shape index (κ3) is 3.07. The van der Waals surface area contributed by atoms with Gasteiger partial charge in [0.1, 0.15) is 0 Å². The van der Waals surface area contributed by atoms with Gasteiger partial charge in [-0.2, -0.15) is 0 Å². The summed E-state index contributed by atoms with van der Waals surface area (Å²) in [7, 11) is 1.98. The van der Waals surface area contributed by atoms with Gasteiger partial charge in [-0.1, -0.05) is 30.5 Å². The monoisotopic (exact) mass is 306 g/mol. The Morgan fingerprint density at radius 2 is 1.95 bits per heavy atom. The SMILES string of the molecule is CNC(C)c1ccc(N2CCCC2C2CCCC2)cc1Cl. The zero-order chi connectivity index (χ0) is 14.8. The summed E-state index contributed by atoms with van der Waals surface area (Å²) in [5.41, 5.74) is 2.51. The number of rotatable bonds is 4. The summed E-state index contributed by atoms with van der Waals surface area (Å²) in [4.78, 5) is 2.62. The summed E-state index contributed by atoms with van der Waals surface area (Å²) in [6.45, 7) is 3.34. The van der Waals surface area contributed by atoms with Crippen molar-refractivity contribution in [2.24, 2.45) is 5.92 Å². The Labute approximate surface area is 133 Å². The van der Waals surface area contributed by atoms with Gasteiger partial charge in [-0.05, 0) is 63.3 Å². The first-order valence-electron chi connectivity index (χ1n) is 8.44. The van der Waals surface area contributed by atoms with E-state index in [2.05, 4.69) is 35.3 Å². The topological polar surface area (TPSA) is 15.3 Å². The van der Waals surface area contributed by atoms with E-state index in [4.69, 9.17) is 11.6 Å². The molecule has 2 fully saturated rings. The lowest BCUT2D eigenvalue weighted by molar-refractivity contribution is 0.431. The summed E-state index contributed by atoms with van der Waals surface area (Å²) in [5, 5.41) is 4.16. The second kappa shape index (κ2) is 6.58. The Bertz CT molecular complexity index is 482. The van der Waals surface area contributed by atoms with Gasteiger partial charge in [-0.15, -0.1) is 0 Å². The minimum atomic E-state index is 0.302. The number of hydrogen-bond donors (Lipinski definition) is 1. The van der Waals surface area contributed by atoms with Crippen LogP contribution in [0.2, 0.25) is 5.02 Å². The smallest absolute Gasteiger partial charge is 0.0474 e. The van der Waals surface area contributed by atoms with Crippen molar-refractivity contribution >= 4 is 17.3 Å².